The van der Waals surface area contributed by atoms with Crippen LogP contribution in [-0.2, 0) is 20.7 Å². The first-order valence-electron chi connectivity index (χ1n) is 8.84. The Bertz CT molecular complexity index is 729. The maximum Gasteiger partial charge on any atom is 0.313 e. The summed E-state index contributed by atoms with van der Waals surface area (Å²) in [5.74, 6) is -0.193. The molecule has 24 heavy (non-hydrogen) atoms. The number of ether oxygens (including phenoxy) is 1. The molecule has 4 rings (SSSR count). The molecule has 1 saturated carbocycles. The maximum absolute atomic E-state index is 12.9. The predicted octanol–water partition coefficient (Wildman–Crippen LogP) is 3.85. The fourth-order valence-corrected chi connectivity index (χ4v) is 5.56. The van der Waals surface area contributed by atoms with Gasteiger partial charge < -0.3 is 9.15 Å². The topological polar surface area (TPSA) is 56.5 Å². The lowest BCUT2D eigenvalue weighted by Crippen LogP contribution is -2.52. The van der Waals surface area contributed by atoms with E-state index in [-0.39, 0.29) is 23.1 Å². The molecule has 0 N–H and O–H groups in total. The van der Waals surface area contributed by atoms with Crippen molar-refractivity contribution >= 4 is 11.8 Å². The van der Waals surface area contributed by atoms with E-state index in [2.05, 4.69) is 6.92 Å². The summed E-state index contributed by atoms with van der Waals surface area (Å²) in [5.41, 5.74) is 2.52. The summed E-state index contributed by atoms with van der Waals surface area (Å²) in [5, 5.41) is 0. The Morgan fingerprint density at radius 2 is 1.92 bits per heavy atom. The molecule has 1 aliphatic heterocycles. The van der Waals surface area contributed by atoms with Gasteiger partial charge in [-0.05, 0) is 62.1 Å². The summed E-state index contributed by atoms with van der Waals surface area (Å²) >= 11 is 0. The van der Waals surface area contributed by atoms with Crippen LogP contribution in [-0.4, -0.2) is 17.9 Å². The molecule has 0 aromatic carbocycles. The number of rotatable bonds is 3. The summed E-state index contributed by atoms with van der Waals surface area (Å²) in [4.78, 5) is 25.4. The molecule has 3 aliphatic rings. The zero-order chi connectivity index (χ0) is 17.1. The van der Waals surface area contributed by atoms with Crippen molar-refractivity contribution in [1.82, 2.24) is 0 Å². The Balaban J connectivity index is 1.75. The van der Waals surface area contributed by atoms with Crippen molar-refractivity contribution in [1.29, 1.82) is 0 Å². The van der Waals surface area contributed by atoms with E-state index in [1.807, 2.05) is 19.9 Å². The predicted molar refractivity (Wildman–Crippen MR) is 88.2 cm³/mol. The van der Waals surface area contributed by atoms with Crippen LogP contribution in [0.1, 0.15) is 52.0 Å². The average Bonchev–Trinajstić information content (AvgIpc) is 3.13. The molecule has 4 heteroatoms. The van der Waals surface area contributed by atoms with Crippen LogP contribution in [0.25, 0.3) is 0 Å². The van der Waals surface area contributed by atoms with Crippen LogP contribution in [0.5, 0.6) is 0 Å². The van der Waals surface area contributed by atoms with Gasteiger partial charge in [0.2, 0.25) is 0 Å². The number of carbonyl (C=O) groups excluding carboxylic acids is 2. The number of carbonyl (C=O) groups is 2. The van der Waals surface area contributed by atoms with Gasteiger partial charge in [0.1, 0.15) is 0 Å². The Kier molecular flexibility index (Phi) is 3.32. The van der Waals surface area contributed by atoms with Crippen molar-refractivity contribution in [2.45, 2.75) is 59.0 Å². The van der Waals surface area contributed by atoms with Crippen LogP contribution in [0.2, 0.25) is 0 Å². The second-order valence-electron chi connectivity index (χ2n) is 8.09. The number of aryl methyl sites for hydroxylation is 1. The highest BCUT2D eigenvalue weighted by atomic mass is 16.6. The molecule has 2 aliphatic carbocycles. The van der Waals surface area contributed by atoms with Gasteiger partial charge in [0.05, 0.1) is 17.9 Å². The normalized spacial score (nSPS) is 38.3. The maximum atomic E-state index is 12.9. The molecular formula is C20H24O4. The molecule has 4 atom stereocenters. The standard InChI is InChI=1S/C20H24O4/c1-12-14(6-5-13-7-10-23-11-13)19(2)8-4-9-20(3)17(19)16(15(12)21)24-18(20)22/h7,10-11,16-17H,4-6,8-9H2,1-3H3/t16-,17-,19-,20+/m1/s1. The highest BCUT2D eigenvalue weighted by Gasteiger charge is 2.66. The Hall–Kier alpha value is -1.84. The van der Waals surface area contributed by atoms with Crippen molar-refractivity contribution in [3.8, 4) is 0 Å². The van der Waals surface area contributed by atoms with Gasteiger partial charge in [-0.15, -0.1) is 0 Å². The largest absolute Gasteiger partial charge is 0.472 e. The van der Waals surface area contributed by atoms with Crippen molar-refractivity contribution in [3.63, 3.8) is 0 Å². The fraction of sp³-hybridized carbons (Fsp3) is 0.600. The molecule has 4 nitrogen and oxygen atoms in total. The van der Waals surface area contributed by atoms with Crippen LogP contribution in [0.15, 0.2) is 34.2 Å². The van der Waals surface area contributed by atoms with E-state index in [0.717, 1.165) is 43.2 Å². The van der Waals surface area contributed by atoms with Gasteiger partial charge in [0, 0.05) is 5.92 Å². The molecule has 128 valence electrons. The van der Waals surface area contributed by atoms with Crippen LogP contribution < -0.4 is 0 Å². The molecule has 0 spiro atoms. The lowest BCUT2D eigenvalue weighted by molar-refractivity contribution is -0.151. The second-order valence-corrected chi connectivity index (χ2v) is 8.09. The minimum atomic E-state index is -0.578. The average molecular weight is 328 g/mol. The monoisotopic (exact) mass is 328 g/mol. The van der Waals surface area contributed by atoms with E-state index in [1.165, 1.54) is 5.57 Å². The van der Waals surface area contributed by atoms with Gasteiger partial charge >= 0.3 is 5.97 Å². The Labute approximate surface area is 142 Å². The van der Waals surface area contributed by atoms with Gasteiger partial charge in [-0.1, -0.05) is 18.9 Å². The quantitative estimate of drug-likeness (QED) is 0.791. The molecule has 1 aromatic heterocycles. The van der Waals surface area contributed by atoms with Crippen molar-refractivity contribution in [2.24, 2.45) is 16.7 Å². The van der Waals surface area contributed by atoms with Gasteiger partial charge in [-0.3, -0.25) is 9.59 Å². The molecule has 0 unspecified atom stereocenters. The molecule has 2 heterocycles. The van der Waals surface area contributed by atoms with Gasteiger partial charge in [0.15, 0.2) is 11.9 Å². The summed E-state index contributed by atoms with van der Waals surface area (Å²) in [7, 11) is 0. The van der Waals surface area contributed by atoms with E-state index in [4.69, 9.17) is 9.15 Å². The first-order chi connectivity index (χ1) is 11.4. The van der Waals surface area contributed by atoms with E-state index >= 15 is 0 Å². The van der Waals surface area contributed by atoms with Crippen LogP contribution in [0.4, 0.5) is 0 Å². The lowest BCUT2D eigenvalue weighted by atomic mass is 9.49. The number of esters is 1. The van der Waals surface area contributed by atoms with E-state index < -0.39 is 11.5 Å². The third kappa shape index (κ3) is 1.92. The third-order valence-electron chi connectivity index (χ3n) is 6.78. The Morgan fingerprint density at radius 3 is 2.62 bits per heavy atom. The van der Waals surface area contributed by atoms with Crippen LogP contribution >= 0.6 is 0 Å². The molecule has 1 aromatic rings. The van der Waals surface area contributed by atoms with Crippen LogP contribution in [0, 0.1) is 16.7 Å². The van der Waals surface area contributed by atoms with E-state index in [0.29, 0.717) is 0 Å². The van der Waals surface area contributed by atoms with Crippen molar-refractivity contribution < 1.29 is 18.7 Å². The number of hydrogen-bond donors (Lipinski definition) is 0. The first kappa shape index (κ1) is 15.7. The summed E-state index contributed by atoms with van der Waals surface area (Å²) < 4.78 is 10.8. The minimum absolute atomic E-state index is 0.0126. The number of ketones is 1. The molecule has 0 radical (unpaired) electrons. The highest BCUT2D eigenvalue weighted by Crippen LogP contribution is 2.63. The van der Waals surface area contributed by atoms with E-state index in [1.54, 1.807) is 12.5 Å². The summed E-state index contributed by atoms with van der Waals surface area (Å²) in [6.45, 7) is 6.15. The number of allylic oxidation sites excluding steroid dienone is 1. The highest BCUT2D eigenvalue weighted by molar-refractivity contribution is 6.04. The van der Waals surface area contributed by atoms with Crippen molar-refractivity contribution in [3.05, 3.63) is 35.3 Å². The van der Waals surface area contributed by atoms with Gasteiger partial charge in [-0.25, -0.2) is 0 Å². The van der Waals surface area contributed by atoms with Crippen molar-refractivity contribution in [2.75, 3.05) is 0 Å². The molecule has 2 fully saturated rings. The molecule has 0 bridgehead atoms. The second kappa shape index (κ2) is 5.08. The van der Waals surface area contributed by atoms with Gasteiger partial charge in [-0.2, -0.15) is 0 Å². The van der Waals surface area contributed by atoms with Gasteiger partial charge in [0.25, 0.3) is 0 Å². The number of Topliss-reactive ketones (excluding diaryl/α,β-unsaturated/α-hetero) is 1. The SMILES string of the molecule is CC1=C(CCc2ccoc2)[C@@]2(C)CCC[C@]3(C)C(=O)O[C@H](C1=O)[C@@H]32. The van der Waals surface area contributed by atoms with Crippen LogP contribution in [0.3, 0.4) is 0 Å². The summed E-state index contributed by atoms with van der Waals surface area (Å²) in [6.07, 6.45) is 7.40. The minimum Gasteiger partial charge on any atom is -0.472 e. The van der Waals surface area contributed by atoms with E-state index in [9.17, 15) is 9.59 Å². The zero-order valence-corrected chi connectivity index (χ0v) is 14.6. The third-order valence-corrected chi connectivity index (χ3v) is 6.78. The summed E-state index contributed by atoms with van der Waals surface area (Å²) in [6, 6.07) is 1.97. The first-order valence-corrected chi connectivity index (χ1v) is 8.84. The lowest BCUT2D eigenvalue weighted by Gasteiger charge is -2.51. The molecule has 1 saturated heterocycles. The molecule has 0 amide bonds. The number of furan rings is 1. The fourth-order valence-electron chi connectivity index (χ4n) is 5.56. The molecular weight excluding hydrogens is 304 g/mol. The zero-order valence-electron chi connectivity index (χ0n) is 14.6. The smallest absolute Gasteiger partial charge is 0.313 e. The Morgan fingerprint density at radius 1 is 1.17 bits per heavy atom. The number of hydrogen-bond acceptors (Lipinski definition) is 4.